The van der Waals surface area contributed by atoms with Crippen LogP contribution in [0.25, 0.3) is 10.9 Å². The third-order valence-corrected chi connectivity index (χ3v) is 9.44. The van der Waals surface area contributed by atoms with Gasteiger partial charge in [0.15, 0.2) is 9.84 Å². The number of halogens is 3. The lowest BCUT2D eigenvalue weighted by molar-refractivity contribution is -0.140. The molecule has 2 fully saturated rings. The predicted octanol–water partition coefficient (Wildman–Crippen LogP) is 3.84. The minimum absolute atomic E-state index is 0.0849. The fraction of sp³-hybridized carbons (Fsp3) is 0.484. The monoisotopic (exact) mass is 634 g/mol. The van der Waals surface area contributed by atoms with Gasteiger partial charge in [0.1, 0.15) is 12.3 Å². The molecule has 2 aliphatic rings. The highest BCUT2D eigenvalue weighted by Crippen LogP contribution is 2.33. The summed E-state index contributed by atoms with van der Waals surface area (Å²) < 4.78 is 71.1. The van der Waals surface area contributed by atoms with Crippen LogP contribution in [0.15, 0.2) is 47.4 Å². The number of alkyl halides is 3. The van der Waals surface area contributed by atoms with Crippen molar-refractivity contribution in [2.45, 2.75) is 67.6 Å². The zero-order valence-electron chi connectivity index (χ0n) is 24.6. The zero-order chi connectivity index (χ0) is 31.6. The van der Waals surface area contributed by atoms with E-state index in [0.29, 0.717) is 35.4 Å². The van der Waals surface area contributed by atoms with Gasteiger partial charge in [0.25, 0.3) is 0 Å². The van der Waals surface area contributed by atoms with Crippen LogP contribution >= 0.6 is 0 Å². The van der Waals surface area contributed by atoms with Crippen molar-refractivity contribution in [2.75, 3.05) is 43.6 Å². The van der Waals surface area contributed by atoms with E-state index in [1.165, 1.54) is 23.8 Å². The maximum atomic E-state index is 13.6. The number of benzene rings is 2. The zero-order valence-corrected chi connectivity index (χ0v) is 25.4. The van der Waals surface area contributed by atoms with Gasteiger partial charge in [-0.1, -0.05) is 12.0 Å². The molecule has 5 rings (SSSR count). The Morgan fingerprint density at radius 1 is 1.02 bits per heavy atom. The van der Waals surface area contributed by atoms with E-state index in [9.17, 15) is 31.8 Å². The predicted molar refractivity (Wildman–Crippen MR) is 163 cm³/mol. The Hall–Kier alpha value is -3.44. The summed E-state index contributed by atoms with van der Waals surface area (Å²) in [5, 5.41) is 27.0. The highest BCUT2D eigenvalue weighted by atomic mass is 32.2. The largest absolute Gasteiger partial charge is 0.495 e. The molecule has 2 atom stereocenters. The summed E-state index contributed by atoms with van der Waals surface area (Å²) >= 11 is 0. The molecular formula is C31H37F3N4O5S. The number of nitrogens with zero attached hydrogens (tertiary/aromatic N) is 2. The standard InChI is InChI=1S/C31H37F3N4O5S/c1-43-30-16-23(44(2,41)42)12-13-26(30)35-14-4-5-22-15-24-25(6-3-7-27(24)38(22)19-31(32,33)34)36-20-8-10-21(11-9-20)37-17-28(39)29(40)18-37/h3,6-7,12-13,15-16,20-21,28-29,35-36,39-40H,8-11,14,17-19H2,1-2H3/t20?,21?,28-,29-/m1/s1. The number of aliphatic hydroxyl groups is 2. The Bertz CT molecular complexity index is 1650. The third kappa shape index (κ3) is 7.43. The van der Waals surface area contributed by atoms with Crippen LogP contribution in [-0.4, -0.2) is 91.6 Å². The molecule has 44 heavy (non-hydrogen) atoms. The van der Waals surface area contributed by atoms with E-state index in [-0.39, 0.29) is 29.2 Å². The number of likely N-dealkylation sites (tertiary alicyclic amines) is 1. The summed E-state index contributed by atoms with van der Waals surface area (Å²) in [6.45, 7) is -0.158. The molecule has 238 valence electrons. The Balaban J connectivity index is 1.32. The summed E-state index contributed by atoms with van der Waals surface area (Å²) in [6, 6.07) is 11.8. The molecule has 0 spiro atoms. The molecule has 0 unspecified atom stereocenters. The molecule has 1 aliphatic carbocycles. The average molecular weight is 635 g/mol. The summed E-state index contributed by atoms with van der Waals surface area (Å²) in [7, 11) is -2.01. The van der Waals surface area contributed by atoms with Crippen LogP contribution in [0, 0.1) is 11.8 Å². The molecule has 2 aromatic carbocycles. The molecule has 1 saturated heterocycles. The number of anilines is 2. The molecule has 4 N–H and O–H groups in total. The molecule has 0 amide bonds. The Labute approximate surface area is 254 Å². The van der Waals surface area contributed by atoms with Crippen molar-refractivity contribution in [1.82, 2.24) is 9.47 Å². The Kier molecular flexibility index (Phi) is 9.36. The Morgan fingerprint density at radius 2 is 1.73 bits per heavy atom. The van der Waals surface area contributed by atoms with Gasteiger partial charge in [-0.2, -0.15) is 13.2 Å². The minimum Gasteiger partial charge on any atom is -0.495 e. The number of hydrogen-bond donors (Lipinski definition) is 4. The summed E-state index contributed by atoms with van der Waals surface area (Å²) in [6.07, 6.45) is -1.27. The van der Waals surface area contributed by atoms with Crippen LogP contribution in [0.1, 0.15) is 31.4 Å². The van der Waals surface area contributed by atoms with Gasteiger partial charge in [0.05, 0.1) is 47.7 Å². The number of aliphatic hydroxyl groups excluding tert-OH is 2. The lowest BCUT2D eigenvalue weighted by atomic mass is 9.90. The number of fused-ring (bicyclic) bond motifs is 1. The van der Waals surface area contributed by atoms with Gasteiger partial charge < -0.3 is 30.2 Å². The van der Waals surface area contributed by atoms with Gasteiger partial charge >= 0.3 is 6.18 Å². The molecule has 1 aliphatic heterocycles. The van der Waals surface area contributed by atoms with E-state index in [0.717, 1.165) is 37.6 Å². The second kappa shape index (κ2) is 12.9. The van der Waals surface area contributed by atoms with Crippen LogP contribution in [0.5, 0.6) is 5.75 Å². The van der Waals surface area contributed by atoms with Crippen LogP contribution in [0.3, 0.4) is 0 Å². The molecule has 9 nitrogen and oxygen atoms in total. The van der Waals surface area contributed by atoms with E-state index in [4.69, 9.17) is 4.74 Å². The van der Waals surface area contributed by atoms with E-state index in [2.05, 4.69) is 27.4 Å². The fourth-order valence-electron chi connectivity index (χ4n) is 6.09. The molecule has 0 radical (unpaired) electrons. The van der Waals surface area contributed by atoms with Crippen molar-refractivity contribution in [3.05, 3.63) is 48.2 Å². The quantitative estimate of drug-likeness (QED) is 0.277. The lowest BCUT2D eigenvalue weighted by Crippen LogP contribution is -2.39. The maximum Gasteiger partial charge on any atom is 0.406 e. The summed E-state index contributed by atoms with van der Waals surface area (Å²) in [4.78, 5) is 2.25. The van der Waals surface area contributed by atoms with Crippen molar-refractivity contribution >= 4 is 32.1 Å². The first kappa shape index (κ1) is 32.0. The van der Waals surface area contributed by atoms with Gasteiger partial charge in [-0.3, -0.25) is 4.90 Å². The van der Waals surface area contributed by atoms with E-state index in [1.807, 2.05) is 6.07 Å². The van der Waals surface area contributed by atoms with E-state index in [1.54, 1.807) is 24.3 Å². The van der Waals surface area contributed by atoms with E-state index < -0.39 is 34.8 Å². The first-order valence-corrected chi connectivity index (χ1v) is 16.4. The summed E-state index contributed by atoms with van der Waals surface area (Å²) in [5.41, 5.74) is 1.90. The van der Waals surface area contributed by atoms with Crippen molar-refractivity contribution in [3.63, 3.8) is 0 Å². The first-order valence-electron chi connectivity index (χ1n) is 14.5. The van der Waals surface area contributed by atoms with Gasteiger partial charge in [0, 0.05) is 48.6 Å². The topological polar surface area (TPSA) is 116 Å². The van der Waals surface area contributed by atoms with Gasteiger partial charge in [-0.15, -0.1) is 0 Å². The number of methoxy groups -OCH3 is 1. The van der Waals surface area contributed by atoms with Crippen LogP contribution < -0.4 is 15.4 Å². The average Bonchev–Trinajstić information content (AvgIpc) is 3.49. The van der Waals surface area contributed by atoms with Crippen LogP contribution in [0.4, 0.5) is 24.5 Å². The number of nitrogens with one attached hydrogen (secondary N) is 2. The fourth-order valence-corrected chi connectivity index (χ4v) is 6.72. The van der Waals surface area contributed by atoms with Crippen LogP contribution in [0.2, 0.25) is 0 Å². The molecule has 1 aromatic heterocycles. The number of ether oxygens (including phenoxy) is 1. The minimum atomic E-state index is -4.45. The number of hydrogen-bond acceptors (Lipinski definition) is 8. The molecule has 3 aromatic rings. The van der Waals surface area contributed by atoms with Gasteiger partial charge in [0.2, 0.25) is 0 Å². The van der Waals surface area contributed by atoms with Gasteiger partial charge in [-0.05, 0) is 61.9 Å². The SMILES string of the molecule is COc1cc(S(C)(=O)=O)ccc1NCC#Cc1cc2c(NC3CCC(N4C[C@@H](O)[C@H](O)C4)CC3)cccc2n1CC(F)(F)F. The highest BCUT2D eigenvalue weighted by molar-refractivity contribution is 7.90. The van der Waals surface area contributed by atoms with Crippen LogP contribution in [-0.2, 0) is 16.4 Å². The smallest absolute Gasteiger partial charge is 0.406 e. The summed E-state index contributed by atoms with van der Waals surface area (Å²) in [5.74, 6) is 6.08. The number of β-amino-alcohol motifs (C(OH)–C–C–N with tert-alkyl or cyclic N) is 2. The van der Waals surface area contributed by atoms with Gasteiger partial charge in [-0.25, -0.2) is 8.42 Å². The number of rotatable bonds is 8. The third-order valence-electron chi connectivity index (χ3n) is 8.33. The second-order valence-electron chi connectivity index (χ2n) is 11.5. The Morgan fingerprint density at radius 3 is 2.36 bits per heavy atom. The van der Waals surface area contributed by atoms with Crippen molar-refractivity contribution < 1.29 is 36.5 Å². The lowest BCUT2D eigenvalue weighted by Gasteiger charge is -2.35. The first-order chi connectivity index (χ1) is 20.8. The number of aromatic nitrogens is 1. The van der Waals surface area contributed by atoms with Crippen molar-refractivity contribution in [3.8, 4) is 17.6 Å². The molecular weight excluding hydrogens is 597 g/mol. The normalized spacial score (nSPS) is 22.9. The molecule has 0 bridgehead atoms. The molecule has 2 heterocycles. The van der Waals surface area contributed by atoms with Crippen molar-refractivity contribution in [1.29, 1.82) is 0 Å². The highest BCUT2D eigenvalue weighted by Gasteiger charge is 2.35. The van der Waals surface area contributed by atoms with E-state index >= 15 is 0 Å². The second-order valence-corrected chi connectivity index (χ2v) is 13.5. The van der Waals surface area contributed by atoms with Crippen molar-refractivity contribution in [2.24, 2.45) is 0 Å². The number of sulfone groups is 1. The molecule has 13 heteroatoms. The molecule has 1 saturated carbocycles. The maximum absolute atomic E-state index is 13.6.